The summed E-state index contributed by atoms with van der Waals surface area (Å²) in [4.78, 5) is 2.48. The lowest BCUT2D eigenvalue weighted by atomic mass is 10.1. The molecular weight excluding hydrogens is 326 g/mol. The molecule has 0 aliphatic carbocycles. The zero-order valence-electron chi connectivity index (χ0n) is 15.2. The van der Waals surface area contributed by atoms with Gasteiger partial charge in [-0.3, -0.25) is 4.90 Å². The van der Waals surface area contributed by atoms with Gasteiger partial charge in [0.1, 0.15) is 0 Å². The molecule has 0 bridgehead atoms. The number of hydrogen-bond acceptors (Lipinski definition) is 5. The molecule has 2 saturated heterocycles. The molecule has 138 valence electrons. The van der Waals surface area contributed by atoms with E-state index < -0.39 is 0 Å². The molecule has 2 fully saturated rings. The van der Waals surface area contributed by atoms with Gasteiger partial charge in [0, 0.05) is 38.2 Å². The highest BCUT2D eigenvalue weighted by atomic mass is 16.5. The molecule has 0 amide bonds. The topological polar surface area (TPSA) is 47.5 Å². The molecule has 5 heteroatoms. The summed E-state index contributed by atoms with van der Waals surface area (Å²) in [6.07, 6.45) is 4.82. The van der Waals surface area contributed by atoms with Crippen molar-refractivity contribution in [2.24, 2.45) is 0 Å². The van der Waals surface area contributed by atoms with Crippen molar-refractivity contribution < 1.29 is 9.47 Å². The van der Waals surface area contributed by atoms with Gasteiger partial charge in [-0.25, -0.2) is 0 Å². The summed E-state index contributed by atoms with van der Waals surface area (Å²) in [5, 5.41) is 8.80. The van der Waals surface area contributed by atoms with Crippen molar-refractivity contribution in [3.8, 4) is 11.3 Å². The van der Waals surface area contributed by atoms with E-state index in [-0.39, 0.29) is 6.10 Å². The van der Waals surface area contributed by atoms with Crippen LogP contribution in [-0.4, -0.2) is 60.2 Å². The number of ether oxygens (including phenoxy) is 2. The van der Waals surface area contributed by atoms with E-state index in [1.54, 1.807) is 0 Å². The molecule has 0 saturated carbocycles. The molecule has 26 heavy (non-hydrogen) atoms. The summed E-state index contributed by atoms with van der Waals surface area (Å²) in [6, 6.07) is 14.3. The fourth-order valence-electron chi connectivity index (χ4n) is 3.80. The Hall–Kier alpha value is -1.82. The van der Waals surface area contributed by atoms with Crippen molar-refractivity contribution in [2.75, 3.05) is 32.8 Å². The summed E-state index contributed by atoms with van der Waals surface area (Å²) in [5.74, 6) is 0. The Morgan fingerprint density at radius 2 is 1.81 bits per heavy atom. The van der Waals surface area contributed by atoms with Gasteiger partial charge < -0.3 is 9.47 Å². The number of hydrogen-bond donors (Lipinski definition) is 0. The van der Waals surface area contributed by atoms with E-state index in [0.717, 1.165) is 75.5 Å². The minimum absolute atomic E-state index is 0.264. The molecule has 2 atom stereocenters. The van der Waals surface area contributed by atoms with Gasteiger partial charge in [-0.2, -0.15) is 10.2 Å². The highest BCUT2D eigenvalue weighted by molar-refractivity contribution is 5.57. The molecule has 0 unspecified atom stereocenters. The summed E-state index contributed by atoms with van der Waals surface area (Å²) in [5.41, 5.74) is 3.03. The Kier molecular flexibility index (Phi) is 5.89. The van der Waals surface area contributed by atoms with Gasteiger partial charge in [-0.15, -0.1) is 0 Å². The SMILES string of the molecule is c1ccc(-c2ccc(C[C@@H]3CC[C@H](CN4CCCOCC4)O3)nn2)cc1. The van der Waals surface area contributed by atoms with Crippen molar-refractivity contribution in [3.05, 3.63) is 48.2 Å². The first-order valence-electron chi connectivity index (χ1n) is 9.70. The quantitative estimate of drug-likeness (QED) is 0.827. The first-order valence-corrected chi connectivity index (χ1v) is 9.70. The van der Waals surface area contributed by atoms with E-state index >= 15 is 0 Å². The summed E-state index contributed by atoms with van der Waals surface area (Å²) in [7, 11) is 0. The Balaban J connectivity index is 1.28. The molecule has 2 aliphatic rings. The molecule has 2 aliphatic heterocycles. The third kappa shape index (κ3) is 4.67. The molecular formula is C21H27N3O2. The van der Waals surface area contributed by atoms with Crippen LogP contribution in [0.25, 0.3) is 11.3 Å². The van der Waals surface area contributed by atoms with Crippen LogP contribution < -0.4 is 0 Å². The third-order valence-corrected chi connectivity index (χ3v) is 5.20. The van der Waals surface area contributed by atoms with Crippen molar-refractivity contribution in [3.63, 3.8) is 0 Å². The largest absolute Gasteiger partial charge is 0.380 e. The average Bonchev–Trinajstić information content (AvgIpc) is 2.96. The van der Waals surface area contributed by atoms with Crippen molar-refractivity contribution >= 4 is 0 Å². The molecule has 2 aromatic rings. The monoisotopic (exact) mass is 353 g/mol. The summed E-state index contributed by atoms with van der Waals surface area (Å²) < 4.78 is 11.8. The lowest BCUT2D eigenvalue weighted by Gasteiger charge is -2.23. The van der Waals surface area contributed by atoms with E-state index in [2.05, 4.69) is 39.4 Å². The van der Waals surface area contributed by atoms with Crippen molar-refractivity contribution in [1.82, 2.24) is 15.1 Å². The number of rotatable bonds is 5. The molecule has 4 rings (SSSR count). The van der Waals surface area contributed by atoms with Gasteiger partial charge in [0.25, 0.3) is 0 Å². The zero-order chi connectivity index (χ0) is 17.6. The highest BCUT2D eigenvalue weighted by Crippen LogP contribution is 2.24. The van der Waals surface area contributed by atoms with E-state index in [0.29, 0.717) is 6.10 Å². The van der Waals surface area contributed by atoms with Gasteiger partial charge >= 0.3 is 0 Å². The van der Waals surface area contributed by atoms with Crippen LogP contribution in [0.2, 0.25) is 0 Å². The Morgan fingerprint density at radius 3 is 2.65 bits per heavy atom. The van der Waals surface area contributed by atoms with Crippen LogP contribution in [0.3, 0.4) is 0 Å². The maximum Gasteiger partial charge on any atom is 0.0929 e. The fourth-order valence-corrected chi connectivity index (χ4v) is 3.80. The van der Waals surface area contributed by atoms with Gasteiger partial charge in [0.05, 0.1) is 30.2 Å². The summed E-state index contributed by atoms with van der Waals surface area (Å²) in [6.45, 7) is 4.91. The molecule has 1 aromatic carbocycles. The van der Waals surface area contributed by atoms with Crippen LogP contribution in [0.5, 0.6) is 0 Å². The second-order valence-corrected chi connectivity index (χ2v) is 7.20. The third-order valence-electron chi connectivity index (χ3n) is 5.20. The van der Waals surface area contributed by atoms with Crippen molar-refractivity contribution in [1.29, 1.82) is 0 Å². The minimum atomic E-state index is 0.264. The Bertz CT molecular complexity index is 669. The van der Waals surface area contributed by atoms with Gasteiger partial charge in [-0.1, -0.05) is 30.3 Å². The van der Waals surface area contributed by atoms with E-state index in [1.807, 2.05) is 18.2 Å². The maximum atomic E-state index is 6.27. The Labute approximate surface area is 155 Å². The number of aromatic nitrogens is 2. The van der Waals surface area contributed by atoms with Crippen LogP contribution in [-0.2, 0) is 15.9 Å². The standard InChI is InChI=1S/C21H27N3O2/c1-2-5-17(6-3-1)21-10-7-18(22-23-21)15-19-8-9-20(26-19)16-24-11-4-13-25-14-12-24/h1-3,5-7,10,19-20H,4,8-9,11-16H2/t19-,20+/m0/s1. The molecule has 0 spiro atoms. The second kappa shape index (κ2) is 8.71. The lowest BCUT2D eigenvalue weighted by Crippen LogP contribution is -2.34. The van der Waals surface area contributed by atoms with E-state index in [4.69, 9.17) is 9.47 Å². The summed E-state index contributed by atoms with van der Waals surface area (Å²) >= 11 is 0. The van der Waals surface area contributed by atoms with Gasteiger partial charge in [-0.05, 0) is 31.4 Å². The van der Waals surface area contributed by atoms with Crippen LogP contribution in [0.1, 0.15) is 25.0 Å². The number of nitrogens with zero attached hydrogens (tertiary/aromatic N) is 3. The van der Waals surface area contributed by atoms with Crippen molar-refractivity contribution in [2.45, 2.75) is 37.9 Å². The van der Waals surface area contributed by atoms with E-state index in [1.165, 1.54) is 0 Å². The van der Waals surface area contributed by atoms with Crippen LogP contribution in [0.15, 0.2) is 42.5 Å². The van der Waals surface area contributed by atoms with Gasteiger partial charge in [0.15, 0.2) is 0 Å². The molecule has 0 radical (unpaired) electrons. The normalized spacial score (nSPS) is 24.5. The average molecular weight is 353 g/mol. The molecule has 3 heterocycles. The van der Waals surface area contributed by atoms with Crippen LogP contribution >= 0.6 is 0 Å². The minimum Gasteiger partial charge on any atom is -0.380 e. The zero-order valence-corrected chi connectivity index (χ0v) is 15.2. The predicted molar refractivity (Wildman–Crippen MR) is 101 cm³/mol. The van der Waals surface area contributed by atoms with E-state index in [9.17, 15) is 0 Å². The first-order chi connectivity index (χ1) is 12.9. The highest BCUT2D eigenvalue weighted by Gasteiger charge is 2.27. The van der Waals surface area contributed by atoms with Crippen LogP contribution in [0.4, 0.5) is 0 Å². The molecule has 5 nitrogen and oxygen atoms in total. The molecule has 0 N–H and O–H groups in total. The number of benzene rings is 1. The fraction of sp³-hybridized carbons (Fsp3) is 0.524. The van der Waals surface area contributed by atoms with Gasteiger partial charge in [0.2, 0.25) is 0 Å². The maximum absolute atomic E-state index is 6.27. The molecule has 1 aromatic heterocycles. The predicted octanol–water partition coefficient (Wildman–Crippen LogP) is 2.96. The second-order valence-electron chi connectivity index (χ2n) is 7.20. The smallest absolute Gasteiger partial charge is 0.0929 e. The lowest BCUT2D eigenvalue weighted by molar-refractivity contribution is 0.0223. The van der Waals surface area contributed by atoms with Crippen LogP contribution in [0, 0.1) is 0 Å². The first kappa shape index (κ1) is 17.6. The Morgan fingerprint density at radius 1 is 0.923 bits per heavy atom.